The van der Waals surface area contributed by atoms with Crippen LogP contribution in [0.2, 0.25) is 0 Å². The van der Waals surface area contributed by atoms with Crippen LogP contribution in [0.15, 0.2) is 30.9 Å². The van der Waals surface area contributed by atoms with E-state index in [1.165, 1.54) is 17.7 Å². The van der Waals surface area contributed by atoms with Gasteiger partial charge in [-0.05, 0) is 12.1 Å². The Kier molecular flexibility index (Phi) is 2.49. The number of carbonyl (C=O) groups is 1. The van der Waals surface area contributed by atoms with Crippen LogP contribution in [0.1, 0.15) is 9.67 Å². The van der Waals surface area contributed by atoms with Crippen LogP contribution in [-0.4, -0.2) is 21.2 Å². The fourth-order valence-electron chi connectivity index (χ4n) is 1.69. The molecule has 0 fully saturated rings. The molecule has 88 valence electrons. The summed E-state index contributed by atoms with van der Waals surface area (Å²) in [4.78, 5) is 24.5. The molecule has 18 heavy (non-hydrogen) atoms. The average molecular weight is 256 g/mol. The topological polar surface area (TPSA) is 81.8 Å². The Labute approximate surface area is 106 Å². The third-order valence-electron chi connectivity index (χ3n) is 2.59. The van der Waals surface area contributed by atoms with Gasteiger partial charge in [-0.15, -0.1) is 11.3 Å². The van der Waals surface area contributed by atoms with Crippen LogP contribution in [0.3, 0.4) is 0 Å². The van der Waals surface area contributed by atoms with Gasteiger partial charge in [0.25, 0.3) is 0 Å². The SMILES string of the molecule is Nc1c(C=O)sc2nc(-c3cncnc3)ccc12. The van der Waals surface area contributed by atoms with Crippen molar-refractivity contribution in [3.05, 3.63) is 35.7 Å². The van der Waals surface area contributed by atoms with Gasteiger partial charge < -0.3 is 5.73 Å². The van der Waals surface area contributed by atoms with Crippen LogP contribution in [0.25, 0.3) is 21.5 Å². The van der Waals surface area contributed by atoms with Crippen LogP contribution < -0.4 is 5.73 Å². The molecular formula is C12H8N4OS. The van der Waals surface area contributed by atoms with Gasteiger partial charge in [-0.25, -0.2) is 15.0 Å². The lowest BCUT2D eigenvalue weighted by Gasteiger charge is -1.99. The third-order valence-corrected chi connectivity index (χ3v) is 3.63. The lowest BCUT2D eigenvalue weighted by molar-refractivity contribution is 0.112. The molecule has 0 bridgehead atoms. The maximum absolute atomic E-state index is 10.8. The van der Waals surface area contributed by atoms with E-state index in [-0.39, 0.29) is 0 Å². The number of carbonyl (C=O) groups excluding carboxylic acids is 1. The molecule has 3 aromatic rings. The van der Waals surface area contributed by atoms with E-state index >= 15 is 0 Å². The Hall–Kier alpha value is -2.34. The fraction of sp³-hybridized carbons (Fsp3) is 0. The second-order valence-electron chi connectivity index (χ2n) is 3.67. The lowest BCUT2D eigenvalue weighted by atomic mass is 10.2. The van der Waals surface area contributed by atoms with Gasteiger partial charge in [-0.3, -0.25) is 4.79 Å². The Morgan fingerprint density at radius 1 is 1.22 bits per heavy atom. The predicted molar refractivity (Wildman–Crippen MR) is 70.4 cm³/mol. The van der Waals surface area contributed by atoms with E-state index in [4.69, 9.17) is 5.73 Å². The Morgan fingerprint density at radius 2 is 2.00 bits per heavy atom. The minimum Gasteiger partial charge on any atom is -0.397 e. The first-order chi connectivity index (χ1) is 8.79. The molecule has 2 N–H and O–H groups in total. The monoisotopic (exact) mass is 256 g/mol. The van der Waals surface area contributed by atoms with Gasteiger partial charge in [0.1, 0.15) is 11.2 Å². The number of nitrogen functional groups attached to an aromatic ring is 1. The summed E-state index contributed by atoms with van der Waals surface area (Å²) in [6.45, 7) is 0. The van der Waals surface area contributed by atoms with Crippen molar-refractivity contribution in [1.82, 2.24) is 15.0 Å². The van der Waals surface area contributed by atoms with Crippen molar-refractivity contribution in [3.63, 3.8) is 0 Å². The van der Waals surface area contributed by atoms with Gasteiger partial charge in [-0.1, -0.05) is 0 Å². The molecular weight excluding hydrogens is 248 g/mol. The summed E-state index contributed by atoms with van der Waals surface area (Å²) in [5.41, 5.74) is 7.94. The van der Waals surface area contributed by atoms with E-state index in [0.717, 1.165) is 27.8 Å². The first-order valence-electron chi connectivity index (χ1n) is 5.19. The number of rotatable bonds is 2. The quantitative estimate of drug-likeness (QED) is 0.710. The first kappa shape index (κ1) is 10.8. The van der Waals surface area contributed by atoms with E-state index in [1.807, 2.05) is 12.1 Å². The standard InChI is InChI=1S/C12H8N4OS/c13-11-8-1-2-9(7-3-14-6-15-4-7)16-12(8)18-10(11)5-17/h1-6H,13H2. The van der Waals surface area contributed by atoms with Crippen molar-refractivity contribution in [3.8, 4) is 11.3 Å². The highest BCUT2D eigenvalue weighted by molar-refractivity contribution is 7.20. The molecule has 0 amide bonds. The second-order valence-corrected chi connectivity index (χ2v) is 4.70. The molecule has 0 spiro atoms. The maximum Gasteiger partial charge on any atom is 0.162 e. The molecule has 6 heteroatoms. The molecule has 3 rings (SSSR count). The summed E-state index contributed by atoms with van der Waals surface area (Å²) in [6, 6.07) is 3.71. The Morgan fingerprint density at radius 3 is 2.72 bits per heavy atom. The third kappa shape index (κ3) is 1.63. The molecule has 0 unspecified atom stereocenters. The number of fused-ring (bicyclic) bond motifs is 1. The summed E-state index contributed by atoms with van der Waals surface area (Å²) < 4.78 is 0. The first-order valence-corrected chi connectivity index (χ1v) is 6.01. The van der Waals surface area contributed by atoms with E-state index in [9.17, 15) is 4.79 Å². The van der Waals surface area contributed by atoms with Crippen molar-refractivity contribution >= 4 is 33.5 Å². The smallest absolute Gasteiger partial charge is 0.162 e. The van der Waals surface area contributed by atoms with E-state index in [2.05, 4.69) is 15.0 Å². The van der Waals surface area contributed by atoms with Crippen LogP contribution in [-0.2, 0) is 0 Å². The average Bonchev–Trinajstić information content (AvgIpc) is 2.76. The minimum atomic E-state index is 0.494. The second kappa shape index (κ2) is 4.15. The number of thiophene rings is 1. The molecule has 0 aliphatic rings. The van der Waals surface area contributed by atoms with Crippen molar-refractivity contribution in [1.29, 1.82) is 0 Å². The highest BCUT2D eigenvalue weighted by Gasteiger charge is 2.10. The molecule has 5 nitrogen and oxygen atoms in total. The Bertz CT molecular complexity index is 724. The summed E-state index contributed by atoms with van der Waals surface area (Å²) in [6.07, 6.45) is 5.61. The molecule has 0 saturated carbocycles. The number of nitrogens with zero attached hydrogens (tertiary/aromatic N) is 3. The van der Waals surface area contributed by atoms with Crippen LogP contribution >= 0.6 is 11.3 Å². The summed E-state index contributed by atoms with van der Waals surface area (Å²) in [5, 5.41) is 0.808. The van der Waals surface area contributed by atoms with Crippen molar-refractivity contribution < 1.29 is 4.79 Å². The van der Waals surface area contributed by atoms with Gasteiger partial charge in [-0.2, -0.15) is 0 Å². The maximum atomic E-state index is 10.8. The van der Waals surface area contributed by atoms with Crippen molar-refractivity contribution in [2.24, 2.45) is 0 Å². The van der Waals surface area contributed by atoms with Gasteiger partial charge in [0, 0.05) is 23.3 Å². The van der Waals surface area contributed by atoms with Gasteiger partial charge in [0.2, 0.25) is 0 Å². The van der Waals surface area contributed by atoms with Crippen molar-refractivity contribution in [2.75, 3.05) is 5.73 Å². The molecule has 0 aliphatic heterocycles. The zero-order chi connectivity index (χ0) is 12.5. The van der Waals surface area contributed by atoms with Crippen LogP contribution in [0.5, 0.6) is 0 Å². The molecule has 0 saturated heterocycles. The summed E-state index contributed by atoms with van der Waals surface area (Å²) in [5.74, 6) is 0. The lowest BCUT2D eigenvalue weighted by Crippen LogP contribution is -1.88. The highest BCUT2D eigenvalue weighted by atomic mass is 32.1. The highest BCUT2D eigenvalue weighted by Crippen LogP contribution is 2.32. The normalized spacial score (nSPS) is 10.7. The van der Waals surface area contributed by atoms with Crippen LogP contribution in [0, 0.1) is 0 Å². The van der Waals surface area contributed by atoms with Gasteiger partial charge >= 0.3 is 0 Å². The number of aromatic nitrogens is 3. The largest absolute Gasteiger partial charge is 0.397 e. The number of pyridine rings is 1. The number of aldehydes is 1. The van der Waals surface area contributed by atoms with Gasteiger partial charge in [0.15, 0.2) is 6.29 Å². The molecule has 0 aliphatic carbocycles. The van der Waals surface area contributed by atoms with Gasteiger partial charge in [0.05, 0.1) is 16.3 Å². The fourth-order valence-corrected chi connectivity index (χ4v) is 2.60. The molecule has 0 atom stereocenters. The number of hydrogen-bond acceptors (Lipinski definition) is 6. The van der Waals surface area contributed by atoms with E-state index in [0.29, 0.717) is 10.6 Å². The zero-order valence-corrected chi connectivity index (χ0v) is 10.0. The van der Waals surface area contributed by atoms with Crippen LogP contribution in [0.4, 0.5) is 5.69 Å². The predicted octanol–water partition coefficient (Wildman–Crippen LogP) is 2.15. The zero-order valence-electron chi connectivity index (χ0n) is 9.20. The molecule has 0 radical (unpaired) electrons. The summed E-state index contributed by atoms with van der Waals surface area (Å²) in [7, 11) is 0. The van der Waals surface area contributed by atoms with E-state index in [1.54, 1.807) is 12.4 Å². The number of anilines is 1. The molecule has 3 aromatic heterocycles. The van der Waals surface area contributed by atoms with Crippen molar-refractivity contribution in [2.45, 2.75) is 0 Å². The molecule has 0 aromatic carbocycles. The number of hydrogen-bond donors (Lipinski definition) is 1. The number of nitrogens with two attached hydrogens (primary N) is 1. The molecule has 3 heterocycles. The minimum absolute atomic E-state index is 0.494. The Balaban J connectivity index is 2.20. The van der Waals surface area contributed by atoms with E-state index < -0.39 is 0 Å². The summed E-state index contributed by atoms with van der Waals surface area (Å²) >= 11 is 1.29.